The van der Waals surface area contributed by atoms with Crippen LogP contribution in [0.5, 0.6) is 5.75 Å². The van der Waals surface area contributed by atoms with Gasteiger partial charge in [-0.25, -0.2) is 0 Å². The fourth-order valence-electron chi connectivity index (χ4n) is 1.51. The van der Waals surface area contributed by atoms with Crippen LogP contribution in [0.15, 0.2) is 24.3 Å². The molecule has 90 valence electrons. The molecule has 0 radical (unpaired) electrons. The van der Waals surface area contributed by atoms with E-state index < -0.39 is 6.10 Å². The van der Waals surface area contributed by atoms with Gasteiger partial charge in [-0.3, -0.25) is 0 Å². The summed E-state index contributed by atoms with van der Waals surface area (Å²) in [6.07, 6.45) is 0.0710. The number of hydrogen-bond acceptors (Lipinski definition) is 2. The monoisotopic (exact) mass is 242 g/mol. The molecule has 2 nitrogen and oxygen atoms in total. The van der Waals surface area contributed by atoms with Gasteiger partial charge in [0.15, 0.2) is 0 Å². The van der Waals surface area contributed by atoms with Gasteiger partial charge in [-0.05, 0) is 37.5 Å². The molecule has 0 aliphatic carbocycles. The van der Waals surface area contributed by atoms with E-state index in [1.54, 1.807) is 12.1 Å². The van der Waals surface area contributed by atoms with Gasteiger partial charge < -0.3 is 9.84 Å². The lowest BCUT2D eigenvalue weighted by atomic mass is 10.0. The summed E-state index contributed by atoms with van der Waals surface area (Å²) in [7, 11) is 0. The lowest BCUT2D eigenvalue weighted by Gasteiger charge is -2.22. The minimum Gasteiger partial charge on any atom is -0.488 e. The van der Waals surface area contributed by atoms with Crippen LogP contribution in [-0.2, 0) is 0 Å². The molecule has 2 atom stereocenters. The number of hydrogen-bond donors (Lipinski definition) is 1. The Morgan fingerprint density at radius 3 is 2.56 bits per heavy atom. The minimum atomic E-state index is -0.445. The van der Waals surface area contributed by atoms with Crippen molar-refractivity contribution in [3.8, 4) is 5.75 Å². The normalized spacial score (nSPS) is 14.9. The van der Waals surface area contributed by atoms with Gasteiger partial charge in [0.25, 0.3) is 0 Å². The van der Waals surface area contributed by atoms with Gasteiger partial charge in [-0.15, -0.1) is 0 Å². The van der Waals surface area contributed by atoms with Gasteiger partial charge in [0, 0.05) is 5.02 Å². The van der Waals surface area contributed by atoms with E-state index in [0.29, 0.717) is 16.7 Å². The van der Waals surface area contributed by atoms with Crippen LogP contribution in [0.4, 0.5) is 0 Å². The van der Waals surface area contributed by atoms with E-state index in [9.17, 15) is 5.11 Å². The minimum absolute atomic E-state index is 0.221. The van der Waals surface area contributed by atoms with Gasteiger partial charge in [0.05, 0.1) is 6.10 Å². The van der Waals surface area contributed by atoms with Crippen molar-refractivity contribution < 1.29 is 9.84 Å². The van der Waals surface area contributed by atoms with Crippen LogP contribution in [0.1, 0.15) is 27.2 Å². The Morgan fingerprint density at radius 1 is 1.31 bits per heavy atom. The van der Waals surface area contributed by atoms with E-state index in [4.69, 9.17) is 16.3 Å². The van der Waals surface area contributed by atoms with Crippen LogP contribution in [0.3, 0.4) is 0 Å². The van der Waals surface area contributed by atoms with E-state index >= 15 is 0 Å². The summed E-state index contributed by atoms with van der Waals surface area (Å²) < 4.78 is 5.62. The van der Waals surface area contributed by atoms with Gasteiger partial charge in [-0.2, -0.15) is 0 Å². The average Bonchev–Trinajstić information content (AvgIpc) is 2.16. The second-order valence-corrected chi connectivity index (χ2v) is 4.91. The molecule has 1 aromatic rings. The molecule has 0 aliphatic rings. The van der Waals surface area contributed by atoms with Crippen molar-refractivity contribution in [2.24, 2.45) is 5.92 Å². The molecule has 0 heterocycles. The summed E-state index contributed by atoms with van der Waals surface area (Å²) in [5.74, 6) is 1.16. The van der Waals surface area contributed by atoms with Crippen molar-refractivity contribution in [1.29, 1.82) is 0 Å². The van der Waals surface area contributed by atoms with Crippen molar-refractivity contribution in [3.05, 3.63) is 29.3 Å². The van der Waals surface area contributed by atoms with E-state index in [1.807, 2.05) is 19.1 Å². The first-order valence-corrected chi connectivity index (χ1v) is 5.97. The van der Waals surface area contributed by atoms with Gasteiger partial charge in [-0.1, -0.05) is 31.5 Å². The van der Waals surface area contributed by atoms with Crippen LogP contribution in [0, 0.1) is 5.92 Å². The van der Waals surface area contributed by atoms with E-state index in [-0.39, 0.29) is 6.10 Å². The molecule has 0 amide bonds. The Balaban J connectivity index is 2.53. The zero-order chi connectivity index (χ0) is 12.1. The number of halogens is 1. The lowest BCUT2D eigenvalue weighted by molar-refractivity contribution is 0.0336. The first kappa shape index (κ1) is 13.3. The highest BCUT2D eigenvalue weighted by molar-refractivity contribution is 6.30. The highest BCUT2D eigenvalue weighted by atomic mass is 35.5. The van der Waals surface area contributed by atoms with Crippen LogP contribution >= 0.6 is 11.6 Å². The molecule has 0 bridgehead atoms. The van der Waals surface area contributed by atoms with Gasteiger partial charge in [0.2, 0.25) is 0 Å². The maximum atomic E-state index is 9.86. The molecule has 0 aliphatic heterocycles. The SMILES string of the molecule is CC(C)CC(O)C(C)Oc1cccc(Cl)c1. The number of benzene rings is 1. The number of aliphatic hydroxyl groups excluding tert-OH is 1. The molecule has 2 unspecified atom stereocenters. The van der Waals surface area contributed by atoms with Crippen molar-refractivity contribution in [2.45, 2.75) is 39.4 Å². The first-order valence-electron chi connectivity index (χ1n) is 5.59. The smallest absolute Gasteiger partial charge is 0.122 e. The predicted molar refractivity (Wildman–Crippen MR) is 67.0 cm³/mol. The molecular formula is C13H19ClO2. The maximum absolute atomic E-state index is 9.86. The highest BCUT2D eigenvalue weighted by Gasteiger charge is 2.17. The number of aliphatic hydroxyl groups is 1. The van der Waals surface area contributed by atoms with Crippen LogP contribution in [-0.4, -0.2) is 17.3 Å². The van der Waals surface area contributed by atoms with Crippen LogP contribution in [0.25, 0.3) is 0 Å². The third kappa shape index (κ3) is 4.42. The fourth-order valence-corrected chi connectivity index (χ4v) is 1.69. The Morgan fingerprint density at radius 2 is 2.00 bits per heavy atom. The summed E-state index contributed by atoms with van der Waals surface area (Å²) in [4.78, 5) is 0. The molecule has 1 N–H and O–H groups in total. The topological polar surface area (TPSA) is 29.5 Å². The highest BCUT2D eigenvalue weighted by Crippen LogP contribution is 2.20. The molecule has 0 spiro atoms. The summed E-state index contributed by atoms with van der Waals surface area (Å²) >= 11 is 5.85. The summed E-state index contributed by atoms with van der Waals surface area (Å²) in [5, 5.41) is 10.5. The molecule has 0 fully saturated rings. The van der Waals surface area contributed by atoms with Crippen LogP contribution in [0.2, 0.25) is 5.02 Å². The van der Waals surface area contributed by atoms with Gasteiger partial charge >= 0.3 is 0 Å². The second-order valence-electron chi connectivity index (χ2n) is 4.48. The van der Waals surface area contributed by atoms with E-state index in [2.05, 4.69) is 13.8 Å². The van der Waals surface area contributed by atoms with Crippen molar-refractivity contribution in [3.63, 3.8) is 0 Å². The Hall–Kier alpha value is -0.730. The predicted octanol–water partition coefficient (Wildman–Crippen LogP) is 3.51. The molecule has 0 aromatic heterocycles. The molecule has 0 saturated carbocycles. The molecule has 16 heavy (non-hydrogen) atoms. The average molecular weight is 243 g/mol. The second kappa shape index (κ2) is 6.12. The molecule has 0 saturated heterocycles. The van der Waals surface area contributed by atoms with Crippen molar-refractivity contribution in [1.82, 2.24) is 0 Å². The molecule has 3 heteroatoms. The summed E-state index contributed by atoms with van der Waals surface area (Å²) in [6.45, 7) is 6.03. The maximum Gasteiger partial charge on any atom is 0.122 e. The van der Waals surface area contributed by atoms with Crippen molar-refractivity contribution in [2.75, 3.05) is 0 Å². The number of rotatable bonds is 5. The first-order chi connectivity index (χ1) is 7.49. The number of ether oxygens (including phenoxy) is 1. The third-order valence-corrected chi connectivity index (χ3v) is 2.61. The van der Waals surface area contributed by atoms with E-state index in [1.165, 1.54) is 0 Å². The zero-order valence-electron chi connectivity index (χ0n) is 9.98. The standard InChI is InChI=1S/C13H19ClO2/c1-9(2)7-13(15)10(3)16-12-6-4-5-11(14)8-12/h4-6,8-10,13,15H,7H2,1-3H3. The molecule has 1 rings (SSSR count). The van der Waals surface area contributed by atoms with Gasteiger partial charge in [0.1, 0.15) is 11.9 Å². The quantitative estimate of drug-likeness (QED) is 0.856. The van der Waals surface area contributed by atoms with E-state index in [0.717, 1.165) is 6.42 Å². The Kier molecular flexibility index (Phi) is 5.10. The van der Waals surface area contributed by atoms with Crippen LogP contribution < -0.4 is 4.74 Å². The fraction of sp³-hybridized carbons (Fsp3) is 0.538. The summed E-state index contributed by atoms with van der Waals surface area (Å²) in [6, 6.07) is 7.22. The van der Waals surface area contributed by atoms with Crippen molar-refractivity contribution >= 4 is 11.6 Å². The zero-order valence-corrected chi connectivity index (χ0v) is 10.7. The lowest BCUT2D eigenvalue weighted by Crippen LogP contribution is -2.29. The molecular weight excluding hydrogens is 224 g/mol. The largest absolute Gasteiger partial charge is 0.488 e. The molecule has 1 aromatic carbocycles. The Bertz CT molecular complexity index is 325. The summed E-state index contributed by atoms with van der Waals surface area (Å²) in [5.41, 5.74) is 0. The third-order valence-electron chi connectivity index (χ3n) is 2.37. The Labute approximate surface area is 102 Å².